The maximum atomic E-state index is 12.3. The van der Waals surface area contributed by atoms with E-state index in [1.165, 1.54) is 11.3 Å². The SMILES string of the molecule is O=C(Cc1csc(-c2ccccn2)n1)Nc1ccc(-c2nccs2)cc1. The van der Waals surface area contributed by atoms with Crippen molar-refractivity contribution in [1.29, 1.82) is 0 Å². The molecule has 7 heteroatoms. The van der Waals surface area contributed by atoms with Crippen LogP contribution in [0.3, 0.4) is 0 Å². The molecule has 0 bridgehead atoms. The quantitative estimate of drug-likeness (QED) is 0.555. The summed E-state index contributed by atoms with van der Waals surface area (Å²) in [6.45, 7) is 0. The summed E-state index contributed by atoms with van der Waals surface area (Å²) in [5, 5.41) is 8.53. The molecule has 0 unspecified atom stereocenters. The van der Waals surface area contributed by atoms with Crippen LogP contribution in [-0.2, 0) is 11.2 Å². The Morgan fingerprint density at radius 3 is 2.58 bits per heavy atom. The highest BCUT2D eigenvalue weighted by atomic mass is 32.1. The first-order chi connectivity index (χ1) is 12.8. The van der Waals surface area contributed by atoms with Crippen molar-refractivity contribution in [3.63, 3.8) is 0 Å². The zero-order valence-corrected chi connectivity index (χ0v) is 15.3. The number of hydrogen-bond donors (Lipinski definition) is 1. The Hall–Kier alpha value is -2.90. The van der Waals surface area contributed by atoms with Crippen molar-refractivity contribution >= 4 is 34.3 Å². The van der Waals surface area contributed by atoms with Crippen molar-refractivity contribution in [2.75, 3.05) is 5.32 Å². The minimum absolute atomic E-state index is 0.0927. The molecule has 0 aliphatic rings. The van der Waals surface area contributed by atoms with E-state index in [-0.39, 0.29) is 12.3 Å². The van der Waals surface area contributed by atoms with Gasteiger partial charge in [-0.25, -0.2) is 9.97 Å². The molecule has 1 N–H and O–H groups in total. The van der Waals surface area contributed by atoms with E-state index in [1.807, 2.05) is 53.2 Å². The maximum absolute atomic E-state index is 12.3. The number of nitrogens with one attached hydrogen (secondary N) is 1. The van der Waals surface area contributed by atoms with Crippen LogP contribution in [0.5, 0.6) is 0 Å². The molecular formula is C19H14N4OS2. The van der Waals surface area contributed by atoms with Gasteiger partial charge in [-0.1, -0.05) is 6.07 Å². The zero-order chi connectivity index (χ0) is 17.8. The molecule has 0 fully saturated rings. The van der Waals surface area contributed by atoms with E-state index >= 15 is 0 Å². The molecule has 5 nitrogen and oxygen atoms in total. The largest absolute Gasteiger partial charge is 0.326 e. The number of carbonyl (C=O) groups excluding carboxylic acids is 1. The molecule has 0 spiro atoms. The predicted octanol–water partition coefficient (Wildman–Crippen LogP) is 4.51. The van der Waals surface area contributed by atoms with E-state index < -0.39 is 0 Å². The fraction of sp³-hybridized carbons (Fsp3) is 0.0526. The molecule has 3 heterocycles. The van der Waals surface area contributed by atoms with E-state index in [1.54, 1.807) is 23.7 Å². The van der Waals surface area contributed by atoms with Gasteiger partial charge in [-0.3, -0.25) is 9.78 Å². The fourth-order valence-electron chi connectivity index (χ4n) is 2.43. The molecule has 128 valence electrons. The van der Waals surface area contributed by atoms with Crippen LogP contribution in [0.15, 0.2) is 65.6 Å². The summed E-state index contributed by atoms with van der Waals surface area (Å²) < 4.78 is 0. The number of benzene rings is 1. The van der Waals surface area contributed by atoms with E-state index in [2.05, 4.69) is 20.3 Å². The highest BCUT2D eigenvalue weighted by Crippen LogP contribution is 2.24. The van der Waals surface area contributed by atoms with Crippen molar-refractivity contribution in [2.24, 2.45) is 0 Å². The van der Waals surface area contributed by atoms with E-state index in [4.69, 9.17) is 0 Å². The Morgan fingerprint density at radius 2 is 1.85 bits per heavy atom. The second-order valence-corrected chi connectivity index (χ2v) is 7.25. The summed E-state index contributed by atoms with van der Waals surface area (Å²) in [7, 11) is 0. The number of hydrogen-bond acceptors (Lipinski definition) is 6. The van der Waals surface area contributed by atoms with Crippen molar-refractivity contribution in [1.82, 2.24) is 15.0 Å². The van der Waals surface area contributed by atoms with Gasteiger partial charge in [0.1, 0.15) is 10.0 Å². The topological polar surface area (TPSA) is 67.8 Å². The first-order valence-electron chi connectivity index (χ1n) is 7.93. The first-order valence-corrected chi connectivity index (χ1v) is 9.69. The van der Waals surface area contributed by atoms with Crippen molar-refractivity contribution in [2.45, 2.75) is 6.42 Å². The lowest BCUT2D eigenvalue weighted by atomic mass is 10.2. The van der Waals surface area contributed by atoms with Gasteiger partial charge >= 0.3 is 0 Å². The number of nitrogens with zero attached hydrogens (tertiary/aromatic N) is 3. The van der Waals surface area contributed by atoms with Crippen molar-refractivity contribution in [3.05, 3.63) is 71.3 Å². The van der Waals surface area contributed by atoms with Crippen molar-refractivity contribution in [3.8, 4) is 21.3 Å². The van der Waals surface area contributed by atoms with Crippen LogP contribution < -0.4 is 5.32 Å². The third-order valence-electron chi connectivity index (χ3n) is 3.63. The average molecular weight is 378 g/mol. The smallest absolute Gasteiger partial charge is 0.230 e. The van der Waals surface area contributed by atoms with E-state index in [0.29, 0.717) is 0 Å². The number of thiazole rings is 2. The van der Waals surface area contributed by atoms with Crippen LogP contribution in [0, 0.1) is 0 Å². The van der Waals surface area contributed by atoms with Gasteiger partial charge in [-0.2, -0.15) is 0 Å². The third kappa shape index (κ3) is 3.84. The highest BCUT2D eigenvalue weighted by molar-refractivity contribution is 7.13. The number of carbonyl (C=O) groups is 1. The number of anilines is 1. The number of aromatic nitrogens is 3. The van der Waals surface area contributed by atoms with Gasteiger partial charge in [-0.15, -0.1) is 22.7 Å². The standard InChI is InChI=1S/C19H14N4OS2/c24-17(11-15-12-26-19(23-15)16-3-1-2-8-20-16)22-14-6-4-13(5-7-14)18-21-9-10-25-18/h1-10,12H,11H2,(H,22,24). The Morgan fingerprint density at radius 1 is 0.962 bits per heavy atom. The van der Waals surface area contributed by atoms with E-state index in [9.17, 15) is 4.79 Å². The monoisotopic (exact) mass is 378 g/mol. The van der Waals surface area contributed by atoms with Gasteiger partial charge in [0.15, 0.2) is 0 Å². The molecule has 0 atom stereocenters. The minimum atomic E-state index is -0.0927. The summed E-state index contributed by atoms with van der Waals surface area (Å²) in [6.07, 6.45) is 3.75. The number of rotatable bonds is 5. The Balaban J connectivity index is 1.39. The maximum Gasteiger partial charge on any atom is 0.230 e. The fourth-order valence-corrected chi connectivity index (χ4v) is 3.87. The molecule has 0 radical (unpaired) electrons. The number of pyridine rings is 1. The molecular weight excluding hydrogens is 364 g/mol. The summed E-state index contributed by atoms with van der Waals surface area (Å²) in [5.41, 5.74) is 3.36. The number of amides is 1. The predicted molar refractivity (Wildman–Crippen MR) is 105 cm³/mol. The van der Waals surface area contributed by atoms with E-state index in [0.717, 1.165) is 32.7 Å². The summed E-state index contributed by atoms with van der Waals surface area (Å²) >= 11 is 3.08. The average Bonchev–Trinajstić information content (AvgIpc) is 3.35. The van der Waals surface area contributed by atoms with Gasteiger partial charge in [-0.05, 0) is 36.4 Å². The zero-order valence-electron chi connectivity index (χ0n) is 13.6. The molecule has 1 aromatic carbocycles. The molecule has 3 aromatic heterocycles. The second kappa shape index (κ2) is 7.55. The summed E-state index contributed by atoms with van der Waals surface area (Å²) in [4.78, 5) is 25.3. The normalized spacial score (nSPS) is 10.6. The minimum Gasteiger partial charge on any atom is -0.326 e. The van der Waals surface area contributed by atoms with Crippen LogP contribution in [0.2, 0.25) is 0 Å². The molecule has 0 aliphatic heterocycles. The van der Waals surface area contributed by atoms with Gasteiger partial charge in [0.05, 0.1) is 17.8 Å². The lowest BCUT2D eigenvalue weighted by Crippen LogP contribution is -2.14. The van der Waals surface area contributed by atoms with Gasteiger partial charge in [0.25, 0.3) is 0 Å². The Bertz CT molecular complexity index is 996. The lowest BCUT2D eigenvalue weighted by molar-refractivity contribution is -0.115. The molecule has 0 aliphatic carbocycles. The van der Waals surface area contributed by atoms with Gasteiger partial charge < -0.3 is 5.32 Å². The van der Waals surface area contributed by atoms with Crippen LogP contribution in [0.25, 0.3) is 21.3 Å². The molecule has 1 amide bonds. The van der Waals surface area contributed by atoms with Crippen LogP contribution in [0.4, 0.5) is 5.69 Å². The second-order valence-electron chi connectivity index (χ2n) is 5.50. The summed E-state index contributed by atoms with van der Waals surface area (Å²) in [6, 6.07) is 13.4. The Labute approximate surface area is 158 Å². The molecule has 4 aromatic rings. The lowest BCUT2D eigenvalue weighted by Gasteiger charge is -2.05. The molecule has 0 saturated carbocycles. The molecule has 4 rings (SSSR count). The van der Waals surface area contributed by atoms with Gasteiger partial charge in [0, 0.05) is 34.4 Å². The Kier molecular flexibility index (Phi) is 4.81. The van der Waals surface area contributed by atoms with Crippen LogP contribution >= 0.6 is 22.7 Å². The van der Waals surface area contributed by atoms with Crippen LogP contribution in [0.1, 0.15) is 5.69 Å². The first kappa shape index (κ1) is 16.6. The van der Waals surface area contributed by atoms with Crippen LogP contribution in [-0.4, -0.2) is 20.9 Å². The highest BCUT2D eigenvalue weighted by Gasteiger charge is 2.10. The third-order valence-corrected chi connectivity index (χ3v) is 5.36. The van der Waals surface area contributed by atoms with Gasteiger partial charge in [0.2, 0.25) is 5.91 Å². The molecule has 26 heavy (non-hydrogen) atoms. The van der Waals surface area contributed by atoms with Crippen molar-refractivity contribution < 1.29 is 4.79 Å². The summed E-state index contributed by atoms with van der Waals surface area (Å²) in [5.74, 6) is -0.0927. The molecule has 0 saturated heterocycles.